The number of carbonyl (C=O) groups is 1. The molecule has 3 aliphatic heterocycles. The summed E-state index contributed by atoms with van der Waals surface area (Å²) in [5.41, 5.74) is 2.51. The van der Waals surface area contributed by atoms with Gasteiger partial charge in [0.2, 0.25) is 17.7 Å². The molecule has 0 saturated carbocycles. The molecule has 6 rings (SSSR count). The fourth-order valence-electron chi connectivity index (χ4n) is 6.32. The minimum absolute atomic E-state index is 0.258. The van der Waals surface area contributed by atoms with Gasteiger partial charge in [-0.3, -0.25) is 14.6 Å². The Morgan fingerprint density at radius 3 is 2.48 bits per heavy atom. The van der Waals surface area contributed by atoms with Crippen molar-refractivity contribution in [2.45, 2.75) is 38.0 Å². The third-order valence-corrected chi connectivity index (χ3v) is 9.02. The van der Waals surface area contributed by atoms with Crippen LogP contribution in [0.2, 0.25) is 10.0 Å². The Hall–Kier alpha value is -3.06. The maximum absolute atomic E-state index is 11.4. The number of aliphatic hydroxyl groups excluding tert-OH is 2. The van der Waals surface area contributed by atoms with E-state index >= 15 is 0 Å². The van der Waals surface area contributed by atoms with Gasteiger partial charge >= 0.3 is 0 Å². The van der Waals surface area contributed by atoms with Crippen LogP contribution in [0.1, 0.15) is 24.8 Å². The largest absolute Gasteiger partial charge is 0.436 e. The van der Waals surface area contributed by atoms with Crippen molar-refractivity contribution in [2.75, 3.05) is 57.3 Å². The Bertz CT molecular complexity index is 1440. The van der Waals surface area contributed by atoms with Crippen molar-refractivity contribution in [3.63, 3.8) is 0 Å². The van der Waals surface area contributed by atoms with Gasteiger partial charge in [-0.05, 0) is 68.1 Å². The number of anilines is 1. The van der Waals surface area contributed by atoms with Gasteiger partial charge in [-0.1, -0.05) is 23.2 Å². The SMILES string of the molecule is O=C(CO)NCC1CCN(Cc2cc(Oc3cnc(N4CCN5C[C@@H](O)C[C@@H]5C4)nc3)nc(-c3cc(Cl)cc(Cl)c3)c2)CC1. The van der Waals surface area contributed by atoms with Crippen LogP contribution in [0.4, 0.5) is 5.95 Å². The number of benzene rings is 1. The Labute approximate surface area is 266 Å². The normalized spacial score (nSPS) is 21.3. The van der Waals surface area contributed by atoms with Gasteiger partial charge < -0.3 is 25.2 Å². The summed E-state index contributed by atoms with van der Waals surface area (Å²) in [5.74, 6) is 1.60. The van der Waals surface area contributed by atoms with E-state index in [-0.39, 0.29) is 12.0 Å². The number of amides is 1. The number of nitrogens with one attached hydrogen (secondary N) is 1. The number of hydrogen-bond donors (Lipinski definition) is 3. The van der Waals surface area contributed by atoms with E-state index in [2.05, 4.69) is 30.0 Å². The molecule has 13 heteroatoms. The Kier molecular flexibility index (Phi) is 9.80. The standard InChI is InChI=1S/C31H37Cl2N7O4/c32-23-9-22(10-24(33)11-23)28-7-21(16-38-3-1-20(2-4-38)13-34-29(43)19-41)8-30(37-28)44-27-14-35-31(36-15-27)40-6-5-39-18-26(42)12-25(39)17-40/h7-11,14-15,20,25-26,41-42H,1-6,12-13,16-19H2,(H,34,43)/t25-,26+/m1/s1. The number of aliphatic hydroxyl groups is 2. The van der Waals surface area contributed by atoms with Gasteiger partial charge in [0.05, 0.1) is 24.2 Å². The van der Waals surface area contributed by atoms with E-state index in [4.69, 9.17) is 38.0 Å². The molecule has 3 saturated heterocycles. The highest BCUT2D eigenvalue weighted by molar-refractivity contribution is 6.35. The molecule has 2 aromatic heterocycles. The molecular weight excluding hydrogens is 605 g/mol. The van der Waals surface area contributed by atoms with Crippen LogP contribution < -0.4 is 15.0 Å². The average Bonchev–Trinajstić information content (AvgIpc) is 3.39. The Morgan fingerprint density at radius 2 is 1.75 bits per heavy atom. The highest BCUT2D eigenvalue weighted by Crippen LogP contribution is 2.31. The van der Waals surface area contributed by atoms with Crippen LogP contribution >= 0.6 is 23.2 Å². The van der Waals surface area contributed by atoms with Gasteiger partial charge in [-0.15, -0.1) is 0 Å². The van der Waals surface area contributed by atoms with Crippen LogP contribution in [0.25, 0.3) is 11.3 Å². The first-order valence-electron chi connectivity index (χ1n) is 15.1. The first-order valence-corrected chi connectivity index (χ1v) is 15.8. The number of hydrogen-bond acceptors (Lipinski definition) is 10. The molecule has 0 radical (unpaired) electrons. The molecule has 1 aromatic carbocycles. The van der Waals surface area contributed by atoms with E-state index in [1.54, 1.807) is 18.5 Å². The van der Waals surface area contributed by atoms with Crippen LogP contribution in [-0.4, -0.2) is 105 Å². The lowest BCUT2D eigenvalue weighted by Gasteiger charge is -2.37. The molecule has 2 atom stereocenters. The number of carbonyl (C=O) groups excluding carboxylic acids is 1. The van der Waals surface area contributed by atoms with Gasteiger partial charge in [0.1, 0.15) is 6.61 Å². The lowest BCUT2D eigenvalue weighted by atomic mass is 9.96. The number of piperazine rings is 1. The van der Waals surface area contributed by atoms with Crippen LogP contribution in [0, 0.1) is 5.92 Å². The number of nitrogens with zero attached hydrogens (tertiary/aromatic N) is 6. The zero-order chi connectivity index (χ0) is 30.6. The molecule has 3 aliphatic rings. The van der Waals surface area contributed by atoms with E-state index in [0.29, 0.717) is 58.4 Å². The third kappa shape index (κ3) is 7.77. The quantitative estimate of drug-likeness (QED) is 0.320. The summed E-state index contributed by atoms with van der Waals surface area (Å²) in [5, 5.41) is 22.8. The summed E-state index contributed by atoms with van der Waals surface area (Å²) in [6.45, 7) is 5.81. The minimum Gasteiger partial charge on any atom is -0.436 e. The van der Waals surface area contributed by atoms with Gasteiger partial charge in [0.25, 0.3) is 0 Å². The molecule has 44 heavy (non-hydrogen) atoms. The second-order valence-corrected chi connectivity index (χ2v) is 12.7. The second kappa shape index (κ2) is 13.9. The summed E-state index contributed by atoms with van der Waals surface area (Å²) in [4.78, 5) is 32.2. The number of likely N-dealkylation sites (tertiary alicyclic amines) is 1. The van der Waals surface area contributed by atoms with E-state index in [0.717, 1.165) is 69.7 Å². The summed E-state index contributed by atoms with van der Waals surface area (Å²) in [6, 6.07) is 9.63. The number of halogens is 2. The van der Waals surface area contributed by atoms with Crippen molar-refractivity contribution >= 4 is 35.1 Å². The van der Waals surface area contributed by atoms with E-state index in [1.165, 1.54) is 0 Å². The van der Waals surface area contributed by atoms with E-state index in [9.17, 15) is 9.90 Å². The maximum atomic E-state index is 11.4. The number of aromatic nitrogens is 3. The molecule has 5 heterocycles. The Balaban J connectivity index is 1.16. The number of fused-ring (bicyclic) bond motifs is 1. The number of piperidine rings is 1. The smallest absolute Gasteiger partial charge is 0.245 e. The highest BCUT2D eigenvalue weighted by atomic mass is 35.5. The van der Waals surface area contributed by atoms with Gasteiger partial charge in [0.15, 0.2) is 5.75 Å². The van der Waals surface area contributed by atoms with Crippen molar-refractivity contribution in [1.82, 2.24) is 30.1 Å². The summed E-state index contributed by atoms with van der Waals surface area (Å²) >= 11 is 12.6. The van der Waals surface area contributed by atoms with Crippen molar-refractivity contribution < 1.29 is 19.7 Å². The van der Waals surface area contributed by atoms with Crippen LogP contribution in [-0.2, 0) is 11.3 Å². The molecule has 0 spiro atoms. The number of rotatable bonds is 9. The molecule has 0 aliphatic carbocycles. The van der Waals surface area contributed by atoms with Gasteiger partial charge in [0, 0.05) is 67.0 Å². The fourth-order valence-corrected chi connectivity index (χ4v) is 6.84. The zero-order valence-electron chi connectivity index (χ0n) is 24.4. The molecule has 234 valence electrons. The topological polar surface area (TPSA) is 127 Å². The maximum Gasteiger partial charge on any atom is 0.245 e. The molecule has 3 N–H and O–H groups in total. The van der Waals surface area contributed by atoms with Crippen LogP contribution in [0.3, 0.4) is 0 Å². The van der Waals surface area contributed by atoms with Crippen molar-refractivity contribution in [3.8, 4) is 22.9 Å². The first-order chi connectivity index (χ1) is 21.3. The molecule has 3 aromatic rings. The lowest BCUT2D eigenvalue weighted by molar-refractivity contribution is -0.124. The summed E-state index contributed by atoms with van der Waals surface area (Å²) in [6.07, 6.45) is 5.77. The molecule has 0 bridgehead atoms. The fraction of sp³-hybridized carbons (Fsp3) is 0.484. The molecule has 0 unspecified atom stereocenters. The first kappa shape index (κ1) is 30.9. The van der Waals surface area contributed by atoms with E-state index in [1.807, 2.05) is 24.3 Å². The molecule has 3 fully saturated rings. The van der Waals surface area contributed by atoms with Crippen molar-refractivity contribution in [2.24, 2.45) is 5.92 Å². The second-order valence-electron chi connectivity index (χ2n) is 11.8. The highest BCUT2D eigenvalue weighted by Gasteiger charge is 2.36. The molecule has 11 nitrogen and oxygen atoms in total. The van der Waals surface area contributed by atoms with Crippen LogP contribution in [0.5, 0.6) is 11.6 Å². The van der Waals surface area contributed by atoms with E-state index < -0.39 is 6.61 Å². The predicted octanol–water partition coefficient (Wildman–Crippen LogP) is 3.21. The van der Waals surface area contributed by atoms with Crippen molar-refractivity contribution in [1.29, 1.82) is 0 Å². The average molecular weight is 643 g/mol. The van der Waals surface area contributed by atoms with Crippen molar-refractivity contribution in [3.05, 3.63) is 58.3 Å². The Morgan fingerprint density at radius 1 is 1.00 bits per heavy atom. The predicted molar refractivity (Wildman–Crippen MR) is 168 cm³/mol. The summed E-state index contributed by atoms with van der Waals surface area (Å²) in [7, 11) is 0. The minimum atomic E-state index is -0.481. The number of pyridine rings is 1. The molecule has 1 amide bonds. The molecular formula is C31H37Cl2N7O4. The lowest BCUT2D eigenvalue weighted by Crippen LogP contribution is -2.50. The zero-order valence-corrected chi connectivity index (χ0v) is 25.9. The van der Waals surface area contributed by atoms with Crippen LogP contribution in [0.15, 0.2) is 42.7 Å². The monoisotopic (exact) mass is 641 g/mol. The number of ether oxygens (including phenoxy) is 1. The van der Waals surface area contributed by atoms with Gasteiger partial charge in [-0.2, -0.15) is 0 Å². The third-order valence-electron chi connectivity index (χ3n) is 8.58. The van der Waals surface area contributed by atoms with Gasteiger partial charge in [-0.25, -0.2) is 15.0 Å². The summed E-state index contributed by atoms with van der Waals surface area (Å²) < 4.78 is 6.20.